The minimum Gasteiger partial charge on any atom is -1.00 e. The van der Waals surface area contributed by atoms with E-state index in [-0.39, 0.29) is 47.0 Å². The first kappa shape index (κ1) is 15.8. The summed E-state index contributed by atoms with van der Waals surface area (Å²) in [6.45, 7) is 4.31. The van der Waals surface area contributed by atoms with Crippen LogP contribution in [-0.4, -0.2) is 23.1 Å². The first-order valence-corrected chi connectivity index (χ1v) is 2.23. The Morgan fingerprint density at radius 2 is 1.43 bits per heavy atom. The van der Waals surface area contributed by atoms with Crippen LogP contribution in [0.4, 0.5) is 0 Å². The van der Waals surface area contributed by atoms with E-state index in [2.05, 4.69) is 20.3 Å². The molecule has 0 aromatic heterocycles. The maximum Gasteiger partial charge on any atom is 2.00 e. The van der Waals surface area contributed by atoms with Crippen molar-refractivity contribution in [3.8, 4) is 0 Å². The average Bonchev–Trinajstić information content (AvgIpc) is 1.41. The Bertz CT molecular complexity index is 15.6. The molecule has 0 rings (SSSR count). The maximum absolute atomic E-state index is 2.25. The van der Waals surface area contributed by atoms with E-state index in [4.69, 9.17) is 0 Å². The van der Waals surface area contributed by atoms with Gasteiger partial charge in [0.05, 0.1) is 0 Å². The molecule has 7 heavy (non-hydrogen) atoms. The van der Waals surface area contributed by atoms with E-state index >= 15 is 0 Å². The molecule has 40 valence electrons. The molecule has 2 heteroatoms. The predicted molar refractivity (Wildman–Crippen MR) is 30.6 cm³/mol. The largest absolute Gasteiger partial charge is 2.00 e. The van der Waals surface area contributed by atoms with E-state index in [9.17, 15) is 0 Å². The zero-order valence-corrected chi connectivity index (χ0v) is 8.65. The third kappa shape index (κ3) is 18.5. The summed E-state index contributed by atoms with van der Waals surface area (Å²) in [5, 5.41) is 0. The number of hydrogen-bond donors (Lipinski definition) is 0. The molecule has 0 atom stereocenters. The van der Waals surface area contributed by atoms with Crippen molar-refractivity contribution in [3.05, 3.63) is 6.42 Å². The second-order valence-corrected chi connectivity index (χ2v) is 1.11. The van der Waals surface area contributed by atoms with E-state index < -0.39 is 0 Å². The second kappa shape index (κ2) is 15.6. The molecule has 0 unspecified atom stereocenters. The molecule has 0 bridgehead atoms. The van der Waals surface area contributed by atoms with Crippen LogP contribution in [0, 0.1) is 6.42 Å². The van der Waals surface area contributed by atoms with Crippen LogP contribution in [0.15, 0.2) is 0 Å². The van der Waals surface area contributed by atoms with Gasteiger partial charge < -0.3 is 30.4 Å². The third-order valence-corrected chi connectivity index (χ3v) is 0.577. The molecule has 0 heterocycles. The van der Waals surface area contributed by atoms with Gasteiger partial charge >= 0.3 is 23.1 Å². The Hall–Kier alpha value is 1.50. The molecule has 0 aliphatic heterocycles. The van der Waals surface area contributed by atoms with Gasteiger partial charge in [0, 0.05) is 0 Å². The van der Waals surface area contributed by atoms with Crippen LogP contribution in [-0.2, 0) is 0 Å². The fourth-order valence-electron chi connectivity index (χ4n) is 0.289. The van der Waals surface area contributed by atoms with Gasteiger partial charge in [-0.2, -0.15) is 12.8 Å². The summed E-state index contributed by atoms with van der Waals surface area (Å²) in [7, 11) is 0. The molecular formula is C5H11IMg. The topological polar surface area (TPSA) is 0 Å². The number of hydrogen-bond acceptors (Lipinski definition) is 0. The molecule has 0 amide bonds. The normalized spacial score (nSPS) is 6.00. The van der Waals surface area contributed by atoms with Crippen LogP contribution in [0.2, 0.25) is 0 Å². The predicted octanol–water partition coefficient (Wildman–Crippen LogP) is -1.37. The Morgan fingerprint density at radius 3 is 1.43 bits per heavy atom. The Labute approximate surface area is 79.6 Å². The third-order valence-electron chi connectivity index (χ3n) is 0.577. The fourth-order valence-corrected chi connectivity index (χ4v) is 0.289. The van der Waals surface area contributed by atoms with E-state index in [1.54, 1.807) is 0 Å². The van der Waals surface area contributed by atoms with Gasteiger partial charge in [0.15, 0.2) is 0 Å². The molecule has 0 aliphatic rings. The summed E-state index contributed by atoms with van der Waals surface area (Å²) < 4.78 is 0. The van der Waals surface area contributed by atoms with Gasteiger partial charge in [0.1, 0.15) is 0 Å². The van der Waals surface area contributed by atoms with E-state index in [0.717, 1.165) is 0 Å². The SMILES string of the molecule is CC[CH-]CC.[I-].[Mg+2]. The van der Waals surface area contributed by atoms with Crippen LogP contribution in [0.25, 0.3) is 0 Å². The van der Waals surface area contributed by atoms with Gasteiger partial charge in [-0.15, -0.1) is 0 Å². The minimum absolute atomic E-state index is 0. The molecular weight excluding hydrogens is 211 g/mol. The van der Waals surface area contributed by atoms with Crippen LogP contribution < -0.4 is 24.0 Å². The second-order valence-electron chi connectivity index (χ2n) is 1.11. The van der Waals surface area contributed by atoms with Gasteiger partial charge in [0.25, 0.3) is 0 Å². The first-order valence-electron chi connectivity index (χ1n) is 2.23. The molecule has 0 aromatic rings. The zero-order chi connectivity index (χ0) is 4.12. The van der Waals surface area contributed by atoms with Crippen LogP contribution in [0.3, 0.4) is 0 Å². The molecule has 0 saturated heterocycles. The molecule has 0 aromatic carbocycles. The zero-order valence-electron chi connectivity index (χ0n) is 5.08. The number of halogens is 1. The molecule has 0 saturated carbocycles. The summed E-state index contributed by atoms with van der Waals surface area (Å²) in [6, 6.07) is 0. The number of rotatable bonds is 2. The monoisotopic (exact) mass is 222 g/mol. The van der Waals surface area contributed by atoms with E-state index in [1.807, 2.05) is 0 Å². The minimum atomic E-state index is 0. The van der Waals surface area contributed by atoms with Gasteiger partial charge in [-0.1, -0.05) is 13.8 Å². The van der Waals surface area contributed by atoms with Gasteiger partial charge in [-0.05, 0) is 0 Å². The quantitative estimate of drug-likeness (QED) is 0.307. The molecule has 0 spiro atoms. The summed E-state index contributed by atoms with van der Waals surface area (Å²) in [4.78, 5) is 0. The van der Waals surface area contributed by atoms with Crippen molar-refractivity contribution in [2.45, 2.75) is 26.7 Å². The van der Waals surface area contributed by atoms with Crippen LogP contribution in [0.1, 0.15) is 26.7 Å². The van der Waals surface area contributed by atoms with Crippen molar-refractivity contribution < 1.29 is 24.0 Å². The summed E-state index contributed by atoms with van der Waals surface area (Å²) in [5.74, 6) is 0. The molecule has 0 aliphatic carbocycles. The average molecular weight is 222 g/mol. The summed E-state index contributed by atoms with van der Waals surface area (Å²) in [6.07, 6.45) is 4.69. The Morgan fingerprint density at radius 1 is 1.14 bits per heavy atom. The van der Waals surface area contributed by atoms with Crippen molar-refractivity contribution in [2.75, 3.05) is 0 Å². The molecule has 0 nitrogen and oxygen atoms in total. The van der Waals surface area contributed by atoms with E-state index in [1.165, 1.54) is 12.8 Å². The van der Waals surface area contributed by atoms with Crippen LogP contribution in [0.5, 0.6) is 0 Å². The summed E-state index contributed by atoms with van der Waals surface area (Å²) in [5.41, 5.74) is 0. The first-order chi connectivity index (χ1) is 2.41. The standard InChI is InChI=1S/C5H11.HI.Mg/c1-3-5-4-2;;/h5H,3-4H2,1-2H3;1H;/q-1;;+2/p-1. The Kier molecular flexibility index (Phi) is 35.3. The van der Waals surface area contributed by atoms with Crippen molar-refractivity contribution in [1.82, 2.24) is 0 Å². The summed E-state index contributed by atoms with van der Waals surface area (Å²) >= 11 is 0. The molecule has 0 radical (unpaired) electrons. The van der Waals surface area contributed by atoms with Gasteiger partial charge in [-0.25, -0.2) is 0 Å². The number of unbranched alkanes of at least 4 members (excludes halogenated alkanes) is 2. The fraction of sp³-hybridized carbons (Fsp3) is 0.800. The van der Waals surface area contributed by atoms with Crippen molar-refractivity contribution >= 4 is 23.1 Å². The van der Waals surface area contributed by atoms with Crippen molar-refractivity contribution in [2.24, 2.45) is 0 Å². The maximum atomic E-state index is 2.25. The smallest absolute Gasteiger partial charge is 1.00 e. The Balaban J connectivity index is -0.0000000800. The molecule has 0 N–H and O–H groups in total. The van der Waals surface area contributed by atoms with E-state index in [0.29, 0.717) is 0 Å². The van der Waals surface area contributed by atoms with Crippen LogP contribution >= 0.6 is 0 Å². The van der Waals surface area contributed by atoms with Gasteiger partial charge in [0.2, 0.25) is 0 Å². The van der Waals surface area contributed by atoms with Gasteiger partial charge in [-0.3, -0.25) is 0 Å². The van der Waals surface area contributed by atoms with Crippen molar-refractivity contribution in [1.29, 1.82) is 0 Å². The van der Waals surface area contributed by atoms with Crippen molar-refractivity contribution in [3.63, 3.8) is 0 Å². The molecule has 0 fully saturated rings.